The Hall–Kier alpha value is -2.14. The maximum Gasteiger partial charge on any atom is 0.142 e. The van der Waals surface area contributed by atoms with Crippen LogP contribution in [0, 0.1) is 0 Å². The monoisotopic (exact) mass is 285 g/mol. The highest BCUT2D eigenvalue weighted by Crippen LogP contribution is 2.30. The summed E-state index contributed by atoms with van der Waals surface area (Å²) in [7, 11) is 1.66. The minimum Gasteiger partial charge on any atom is -0.497 e. The van der Waals surface area contributed by atoms with Crippen molar-refractivity contribution in [2.45, 2.75) is 13.3 Å². The molecule has 3 aromatic rings. The summed E-state index contributed by atoms with van der Waals surface area (Å²) in [5.74, 6) is 1.65. The summed E-state index contributed by atoms with van der Waals surface area (Å²) in [6, 6.07) is 9.96. The third kappa shape index (κ3) is 2.44. The molecule has 0 aliphatic heterocycles. The zero-order chi connectivity index (χ0) is 13.9. The van der Waals surface area contributed by atoms with E-state index < -0.39 is 0 Å². The second-order valence-corrected chi connectivity index (χ2v) is 5.48. The molecule has 0 fully saturated rings. The molecule has 4 nitrogen and oxygen atoms in total. The number of aryl methyl sites for hydroxylation is 1. The third-order valence-corrected chi connectivity index (χ3v) is 4.25. The summed E-state index contributed by atoms with van der Waals surface area (Å²) in [4.78, 5) is 11.0. The molecule has 0 aliphatic carbocycles. The van der Waals surface area contributed by atoms with E-state index in [0.717, 1.165) is 33.9 Å². The van der Waals surface area contributed by atoms with Crippen molar-refractivity contribution in [3.8, 4) is 5.75 Å². The minimum atomic E-state index is 0.819. The molecule has 102 valence electrons. The standard InChI is InChI=1S/C15H15N3OS/c1-3-12-8-13-14(16-9-17-15(13)20-12)18-10-5-4-6-11(7-10)19-2/h4-9H,3H2,1-2H3,(H,16,17,18). The van der Waals surface area contributed by atoms with E-state index in [4.69, 9.17) is 4.74 Å². The largest absolute Gasteiger partial charge is 0.497 e. The molecule has 0 aliphatic rings. The molecule has 3 rings (SSSR count). The lowest BCUT2D eigenvalue weighted by molar-refractivity contribution is 0.415. The Morgan fingerprint density at radius 2 is 2.15 bits per heavy atom. The van der Waals surface area contributed by atoms with Crippen LogP contribution in [0.5, 0.6) is 5.75 Å². The molecule has 0 amide bonds. The van der Waals surface area contributed by atoms with Gasteiger partial charge in [-0.05, 0) is 24.6 Å². The molecule has 2 heterocycles. The molecule has 0 unspecified atom stereocenters. The number of hydrogen-bond donors (Lipinski definition) is 1. The van der Waals surface area contributed by atoms with Crippen LogP contribution in [0.2, 0.25) is 0 Å². The quantitative estimate of drug-likeness (QED) is 0.787. The van der Waals surface area contributed by atoms with Crippen LogP contribution in [-0.4, -0.2) is 17.1 Å². The van der Waals surface area contributed by atoms with Gasteiger partial charge in [0, 0.05) is 16.6 Å². The number of fused-ring (bicyclic) bond motifs is 1. The van der Waals surface area contributed by atoms with Crippen molar-refractivity contribution >= 4 is 33.1 Å². The maximum atomic E-state index is 5.23. The normalized spacial score (nSPS) is 10.7. The van der Waals surface area contributed by atoms with Gasteiger partial charge in [-0.25, -0.2) is 9.97 Å². The van der Waals surface area contributed by atoms with E-state index in [1.165, 1.54) is 4.88 Å². The summed E-state index contributed by atoms with van der Waals surface area (Å²) in [6.45, 7) is 2.15. The fraction of sp³-hybridized carbons (Fsp3) is 0.200. The molecule has 5 heteroatoms. The van der Waals surface area contributed by atoms with Crippen LogP contribution in [0.1, 0.15) is 11.8 Å². The van der Waals surface area contributed by atoms with Gasteiger partial charge in [0.1, 0.15) is 22.7 Å². The summed E-state index contributed by atoms with van der Waals surface area (Å²) in [5.41, 5.74) is 0.952. The van der Waals surface area contributed by atoms with Crippen LogP contribution in [0.4, 0.5) is 11.5 Å². The first-order valence-electron chi connectivity index (χ1n) is 6.44. The Morgan fingerprint density at radius 1 is 1.25 bits per heavy atom. The number of hydrogen-bond acceptors (Lipinski definition) is 5. The van der Waals surface area contributed by atoms with Gasteiger partial charge >= 0.3 is 0 Å². The predicted octanol–water partition coefficient (Wildman–Crippen LogP) is 4.01. The van der Waals surface area contributed by atoms with Crippen molar-refractivity contribution in [2.24, 2.45) is 0 Å². The van der Waals surface area contributed by atoms with Gasteiger partial charge in [-0.3, -0.25) is 0 Å². The van der Waals surface area contributed by atoms with Crippen molar-refractivity contribution in [1.82, 2.24) is 9.97 Å². The van der Waals surface area contributed by atoms with Gasteiger partial charge in [0.05, 0.1) is 12.5 Å². The van der Waals surface area contributed by atoms with Crippen molar-refractivity contribution in [3.05, 3.63) is 41.5 Å². The second-order valence-electron chi connectivity index (χ2n) is 4.36. The van der Waals surface area contributed by atoms with E-state index in [9.17, 15) is 0 Å². The van der Waals surface area contributed by atoms with Crippen LogP contribution in [-0.2, 0) is 6.42 Å². The van der Waals surface area contributed by atoms with Crippen molar-refractivity contribution in [1.29, 1.82) is 0 Å². The lowest BCUT2D eigenvalue weighted by atomic mass is 10.2. The van der Waals surface area contributed by atoms with Gasteiger partial charge in [0.2, 0.25) is 0 Å². The van der Waals surface area contributed by atoms with Crippen molar-refractivity contribution in [2.75, 3.05) is 12.4 Å². The number of benzene rings is 1. The lowest BCUT2D eigenvalue weighted by Gasteiger charge is -2.07. The number of thiophene rings is 1. The van der Waals surface area contributed by atoms with Crippen molar-refractivity contribution in [3.63, 3.8) is 0 Å². The average molecular weight is 285 g/mol. The molecule has 0 saturated carbocycles. The molecule has 0 radical (unpaired) electrons. The molecule has 0 saturated heterocycles. The first-order chi connectivity index (χ1) is 9.80. The first-order valence-corrected chi connectivity index (χ1v) is 7.26. The van der Waals surface area contributed by atoms with E-state index >= 15 is 0 Å². The SMILES string of the molecule is CCc1cc2c(Nc3cccc(OC)c3)ncnc2s1. The number of anilines is 2. The molecule has 0 spiro atoms. The van der Waals surface area contributed by atoms with Crippen LogP contribution >= 0.6 is 11.3 Å². The summed E-state index contributed by atoms with van der Waals surface area (Å²) >= 11 is 1.71. The molecule has 0 bridgehead atoms. The Kier molecular flexibility index (Phi) is 3.52. The summed E-state index contributed by atoms with van der Waals surface area (Å²) < 4.78 is 5.23. The molecule has 1 aromatic carbocycles. The molecule has 2 aromatic heterocycles. The average Bonchev–Trinajstić information content (AvgIpc) is 2.92. The van der Waals surface area contributed by atoms with Gasteiger partial charge < -0.3 is 10.1 Å². The second kappa shape index (κ2) is 5.46. The topological polar surface area (TPSA) is 47.0 Å². The number of aromatic nitrogens is 2. The van der Waals surface area contributed by atoms with E-state index in [-0.39, 0.29) is 0 Å². The molecule has 1 N–H and O–H groups in total. The smallest absolute Gasteiger partial charge is 0.142 e. The Morgan fingerprint density at radius 3 is 2.95 bits per heavy atom. The summed E-state index contributed by atoms with van der Waals surface area (Å²) in [5, 5.41) is 4.40. The van der Waals surface area contributed by atoms with Crippen LogP contribution < -0.4 is 10.1 Å². The zero-order valence-corrected chi connectivity index (χ0v) is 12.2. The number of ether oxygens (including phenoxy) is 1. The van der Waals surface area contributed by atoms with Gasteiger partial charge in [-0.15, -0.1) is 11.3 Å². The fourth-order valence-electron chi connectivity index (χ4n) is 2.02. The van der Waals surface area contributed by atoms with E-state index in [1.54, 1.807) is 24.8 Å². The van der Waals surface area contributed by atoms with Gasteiger partial charge in [0.15, 0.2) is 0 Å². The zero-order valence-electron chi connectivity index (χ0n) is 11.4. The Bertz CT molecular complexity index is 739. The first kappa shape index (κ1) is 12.9. The van der Waals surface area contributed by atoms with Crippen LogP contribution in [0.3, 0.4) is 0 Å². The highest BCUT2D eigenvalue weighted by Gasteiger charge is 2.08. The molecule has 0 atom stereocenters. The van der Waals surface area contributed by atoms with E-state index in [0.29, 0.717) is 0 Å². The predicted molar refractivity (Wildman–Crippen MR) is 83.1 cm³/mol. The Balaban J connectivity index is 1.99. The maximum absolute atomic E-state index is 5.23. The number of nitrogens with one attached hydrogen (secondary N) is 1. The highest BCUT2D eigenvalue weighted by atomic mass is 32.1. The molecular weight excluding hydrogens is 270 g/mol. The minimum absolute atomic E-state index is 0.819. The van der Waals surface area contributed by atoms with E-state index in [1.807, 2.05) is 24.3 Å². The van der Waals surface area contributed by atoms with Gasteiger partial charge in [-0.2, -0.15) is 0 Å². The fourth-order valence-corrected chi connectivity index (χ4v) is 2.95. The number of nitrogens with zero attached hydrogens (tertiary/aromatic N) is 2. The van der Waals surface area contributed by atoms with Gasteiger partial charge in [-0.1, -0.05) is 13.0 Å². The van der Waals surface area contributed by atoms with Crippen LogP contribution in [0.15, 0.2) is 36.7 Å². The Labute approximate surface area is 121 Å². The third-order valence-electron chi connectivity index (χ3n) is 3.06. The van der Waals surface area contributed by atoms with E-state index in [2.05, 4.69) is 28.3 Å². The van der Waals surface area contributed by atoms with Gasteiger partial charge in [0.25, 0.3) is 0 Å². The van der Waals surface area contributed by atoms with Crippen molar-refractivity contribution < 1.29 is 4.74 Å². The number of rotatable bonds is 4. The van der Waals surface area contributed by atoms with Crippen LogP contribution in [0.25, 0.3) is 10.2 Å². The highest BCUT2D eigenvalue weighted by molar-refractivity contribution is 7.18. The molecule has 20 heavy (non-hydrogen) atoms. The summed E-state index contributed by atoms with van der Waals surface area (Å²) in [6.07, 6.45) is 2.61. The lowest BCUT2D eigenvalue weighted by Crippen LogP contribution is -1.95. The number of methoxy groups -OCH3 is 1. The molecular formula is C15H15N3OS.